The molecule has 0 aromatic carbocycles. The number of hydrogen-bond acceptors (Lipinski definition) is 2. The van der Waals surface area contributed by atoms with Crippen molar-refractivity contribution in [2.24, 2.45) is 35.0 Å². The molecule has 6 atom stereocenters. The molecule has 0 amide bonds. The SMILES string of the molecule is C[C@]12C[C@H](C(F)F)[C@H]3[C@@H](CCC4=CC(=O)CC[C@@H]43)[C@@H]1CCC2=O. The van der Waals surface area contributed by atoms with Crippen LogP contribution in [0.5, 0.6) is 0 Å². The minimum atomic E-state index is -2.37. The molecule has 126 valence electrons. The van der Waals surface area contributed by atoms with Crippen LogP contribution in [0.1, 0.15) is 51.9 Å². The minimum Gasteiger partial charge on any atom is -0.299 e. The molecule has 4 aliphatic carbocycles. The van der Waals surface area contributed by atoms with Gasteiger partial charge in [0, 0.05) is 24.2 Å². The third-order valence-corrected chi connectivity index (χ3v) is 7.38. The van der Waals surface area contributed by atoms with Gasteiger partial charge in [0.25, 0.3) is 0 Å². The summed E-state index contributed by atoms with van der Waals surface area (Å²) >= 11 is 0. The van der Waals surface area contributed by atoms with Crippen LogP contribution in [-0.4, -0.2) is 18.0 Å². The van der Waals surface area contributed by atoms with E-state index in [2.05, 4.69) is 0 Å². The van der Waals surface area contributed by atoms with Crippen molar-refractivity contribution < 1.29 is 18.4 Å². The lowest BCUT2D eigenvalue weighted by Gasteiger charge is -2.55. The Labute approximate surface area is 135 Å². The Bertz CT molecular complexity index is 582. The van der Waals surface area contributed by atoms with Gasteiger partial charge in [-0.05, 0) is 61.9 Å². The molecule has 4 aliphatic rings. The summed E-state index contributed by atoms with van der Waals surface area (Å²) in [7, 11) is 0. The van der Waals surface area contributed by atoms with Crippen LogP contribution in [0, 0.1) is 35.0 Å². The fourth-order valence-electron chi connectivity index (χ4n) is 6.41. The first-order chi connectivity index (χ1) is 10.9. The van der Waals surface area contributed by atoms with E-state index in [0.29, 0.717) is 19.3 Å². The Balaban J connectivity index is 1.74. The van der Waals surface area contributed by atoms with Gasteiger partial charge in [-0.3, -0.25) is 9.59 Å². The molecule has 0 aromatic rings. The third-order valence-electron chi connectivity index (χ3n) is 7.38. The van der Waals surface area contributed by atoms with Gasteiger partial charge in [0.05, 0.1) is 0 Å². The molecule has 3 fully saturated rings. The highest BCUT2D eigenvalue weighted by Crippen LogP contribution is 2.63. The fraction of sp³-hybridized carbons (Fsp3) is 0.789. The van der Waals surface area contributed by atoms with Gasteiger partial charge in [0.15, 0.2) is 5.78 Å². The molecule has 23 heavy (non-hydrogen) atoms. The van der Waals surface area contributed by atoms with E-state index in [-0.39, 0.29) is 35.2 Å². The number of ketones is 2. The minimum absolute atomic E-state index is 0.0351. The third kappa shape index (κ3) is 2.16. The number of allylic oxidation sites excluding steroid dienone is 1. The van der Waals surface area contributed by atoms with Gasteiger partial charge in [-0.25, -0.2) is 8.78 Å². The van der Waals surface area contributed by atoms with Gasteiger partial charge >= 0.3 is 0 Å². The molecule has 0 heterocycles. The first-order valence-electron chi connectivity index (χ1n) is 8.96. The second-order valence-electron chi connectivity index (χ2n) is 8.30. The maximum Gasteiger partial charge on any atom is 0.241 e. The van der Waals surface area contributed by atoms with Crippen molar-refractivity contribution in [2.75, 3.05) is 0 Å². The number of hydrogen-bond donors (Lipinski definition) is 0. The number of carbonyl (C=O) groups excluding carboxylic acids is 2. The lowest BCUT2D eigenvalue weighted by atomic mass is 9.49. The summed E-state index contributed by atoms with van der Waals surface area (Å²) in [5.74, 6) is 0.276. The Morgan fingerprint density at radius 2 is 1.91 bits per heavy atom. The van der Waals surface area contributed by atoms with Crippen LogP contribution in [0.4, 0.5) is 8.78 Å². The first kappa shape index (κ1) is 15.5. The standard InChI is InChI=1S/C19H24F2O2/c1-19-9-14(18(20)21)17-12-5-3-11(22)8-10(12)2-4-13(17)15(19)6-7-16(19)23/h8,12-15,17-18H,2-7,9H2,1H3/t12-,13-,14-,15-,17+,19-/m0/s1. The molecule has 0 aromatic heterocycles. The van der Waals surface area contributed by atoms with Crippen LogP contribution in [0.3, 0.4) is 0 Å². The molecule has 3 saturated carbocycles. The van der Waals surface area contributed by atoms with Crippen LogP contribution in [0.25, 0.3) is 0 Å². The molecule has 0 unspecified atom stereocenters. The molecule has 4 rings (SSSR count). The largest absolute Gasteiger partial charge is 0.299 e. The fourth-order valence-corrected chi connectivity index (χ4v) is 6.41. The summed E-state index contributed by atoms with van der Waals surface area (Å²) in [5, 5.41) is 0. The molecule has 0 N–H and O–H groups in total. The van der Waals surface area contributed by atoms with Crippen molar-refractivity contribution in [3.8, 4) is 0 Å². The zero-order valence-corrected chi connectivity index (χ0v) is 13.6. The Kier molecular flexibility index (Phi) is 3.51. The van der Waals surface area contributed by atoms with Gasteiger partial charge in [-0.2, -0.15) is 0 Å². The highest BCUT2D eigenvalue weighted by Gasteiger charge is 2.60. The van der Waals surface area contributed by atoms with E-state index >= 15 is 0 Å². The number of rotatable bonds is 1. The Morgan fingerprint density at radius 3 is 2.65 bits per heavy atom. The van der Waals surface area contributed by atoms with Crippen molar-refractivity contribution >= 4 is 11.6 Å². The topological polar surface area (TPSA) is 34.1 Å². The van der Waals surface area contributed by atoms with E-state index in [9.17, 15) is 18.4 Å². The summed E-state index contributed by atoms with van der Waals surface area (Å²) in [6.07, 6.45) is 4.09. The summed E-state index contributed by atoms with van der Waals surface area (Å²) in [6, 6.07) is 0. The zero-order chi connectivity index (χ0) is 16.4. The molecular weight excluding hydrogens is 298 g/mol. The van der Waals surface area contributed by atoms with Gasteiger partial charge in [-0.1, -0.05) is 12.5 Å². The maximum atomic E-state index is 13.9. The highest BCUT2D eigenvalue weighted by atomic mass is 19.3. The molecule has 0 saturated heterocycles. The lowest BCUT2D eigenvalue weighted by molar-refractivity contribution is -0.141. The van der Waals surface area contributed by atoms with E-state index in [1.165, 1.54) is 0 Å². The Morgan fingerprint density at radius 1 is 1.13 bits per heavy atom. The number of alkyl halides is 2. The summed E-state index contributed by atoms with van der Waals surface area (Å²) < 4.78 is 27.8. The Hall–Kier alpha value is -1.06. The summed E-state index contributed by atoms with van der Waals surface area (Å²) in [6.45, 7) is 1.94. The normalized spacial score (nSPS) is 46.3. The summed E-state index contributed by atoms with van der Waals surface area (Å²) in [5.41, 5.74) is 0.578. The van der Waals surface area contributed by atoms with E-state index in [1.807, 2.05) is 6.92 Å². The van der Waals surface area contributed by atoms with Crippen LogP contribution < -0.4 is 0 Å². The van der Waals surface area contributed by atoms with Crippen LogP contribution in [0.15, 0.2) is 11.6 Å². The molecule has 4 heteroatoms. The number of halogens is 2. The monoisotopic (exact) mass is 322 g/mol. The van der Waals surface area contributed by atoms with Gasteiger partial charge < -0.3 is 0 Å². The molecule has 0 aliphatic heterocycles. The van der Waals surface area contributed by atoms with Gasteiger partial charge in [-0.15, -0.1) is 0 Å². The second kappa shape index (κ2) is 5.22. The first-order valence-corrected chi connectivity index (χ1v) is 8.96. The smallest absolute Gasteiger partial charge is 0.241 e. The van der Waals surface area contributed by atoms with Gasteiger partial charge in [0.1, 0.15) is 5.78 Å². The van der Waals surface area contributed by atoms with E-state index in [4.69, 9.17) is 0 Å². The van der Waals surface area contributed by atoms with E-state index < -0.39 is 17.8 Å². The second-order valence-corrected chi connectivity index (χ2v) is 8.30. The van der Waals surface area contributed by atoms with Crippen molar-refractivity contribution in [3.05, 3.63) is 11.6 Å². The predicted octanol–water partition coefficient (Wildman–Crippen LogP) is 4.19. The molecule has 2 nitrogen and oxygen atoms in total. The van der Waals surface area contributed by atoms with Crippen LogP contribution in [-0.2, 0) is 9.59 Å². The molecule has 0 bridgehead atoms. The predicted molar refractivity (Wildman–Crippen MR) is 82.0 cm³/mol. The molecular formula is C19H24F2O2. The quantitative estimate of drug-likeness (QED) is 0.725. The average Bonchev–Trinajstić information content (AvgIpc) is 2.81. The van der Waals surface area contributed by atoms with Gasteiger partial charge in [0.2, 0.25) is 6.43 Å². The molecule has 0 spiro atoms. The van der Waals surface area contributed by atoms with Crippen molar-refractivity contribution in [3.63, 3.8) is 0 Å². The van der Waals surface area contributed by atoms with E-state index in [0.717, 1.165) is 31.3 Å². The maximum absolute atomic E-state index is 13.9. The highest BCUT2D eigenvalue weighted by molar-refractivity contribution is 5.91. The zero-order valence-electron chi connectivity index (χ0n) is 13.6. The summed E-state index contributed by atoms with van der Waals surface area (Å²) in [4.78, 5) is 24.1. The molecule has 0 radical (unpaired) electrons. The van der Waals surface area contributed by atoms with Crippen molar-refractivity contribution in [1.82, 2.24) is 0 Å². The number of fused-ring (bicyclic) bond motifs is 5. The number of carbonyl (C=O) groups is 2. The van der Waals surface area contributed by atoms with Crippen molar-refractivity contribution in [2.45, 2.75) is 58.3 Å². The van der Waals surface area contributed by atoms with Crippen LogP contribution in [0.2, 0.25) is 0 Å². The lowest BCUT2D eigenvalue weighted by Crippen LogP contribution is -2.52. The average molecular weight is 322 g/mol. The van der Waals surface area contributed by atoms with E-state index in [1.54, 1.807) is 6.08 Å². The van der Waals surface area contributed by atoms with Crippen LogP contribution >= 0.6 is 0 Å². The van der Waals surface area contributed by atoms with Crippen molar-refractivity contribution in [1.29, 1.82) is 0 Å². The number of Topliss-reactive ketones (excluding diaryl/α,β-unsaturated/α-hetero) is 1.